The van der Waals surface area contributed by atoms with Gasteiger partial charge < -0.3 is 14.4 Å². The van der Waals surface area contributed by atoms with E-state index < -0.39 is 32.8 Å². The van der Waals surface area contributed by atoms with Crippen LogP contribution in [0, 0.1) is 11.6 Å². The molecule has 2 aliphatic rings. The first-order valence-corrected chi connectivity index (χ1v) is 14.2. The predicted molar refractivity (Wildman–Crippen MR) is 135 cm³/mol. The van der Waals surface area contributed by atoms with Gasteiger partial charge in [0, 0.05) is 37.8 Å². The molecule has 0 radical (unpaired) electrons. The highest BCUT2D eigenvalue weighted by molar-refractivity contribution is 7.89. The van der Waals surface area contributed by atoms with E-state index in [9.17, 15) is 22.0 Å². The van der Waals surface area contributed by atoms with Gasteiger partial charge in [0.2, 0.25) is 0 Å². The minimum Gasteiger partial charge on any atom is -0.487 e. The summed E-state index contributed by atoms with van der Waals surface area (Å²) in [5, 5.41) is 0. The van der Waals surface area contributed by atoms with E-state index in [2.05, 4.69) is 0 Å². The molecule has 2 heterocycles. The summed E-state index contributed by atoms with van der Waals surface area (Å²) in [6.07, 6.45) is 3.42. The zero-order chi connectivity index (χ0) is 26.2. The van der Waals surface area contributed by atoms with Gasteiger partial charge in [-0.05, 0) is 65.9 Å². The first-order chi connectivity index (χ1) is 17.6. The molecule has 5 rings (SSSR count). The fourth-order valence-electron chi connectivity index (χ4n) is 4.97. The Kier molecular flexibility index (Phi) is 6.66. The number of carbonyl (C=O) groups is 1. The number of hydrogen-bond donors (Lipinski definition) is 0. The molecule has 9 heteroatoms. The first kappa shape index (κ1) is 25.2. The second kappa shape index (κ2) is 9.78. The van der Waals surface area contributed by atoms with Gasteiger partial charge in [-0.15, -0.1) is 0 Å². The highest BCUT2D eigenvalue weighted by Crippen LogP contribution is 2.41. The second-order valence-electron chi connectivity index (χ2n) is 9.76. The van der Waals surface area contributed by atoms with E-state index in [1.807, 2.05) is 30.3 Å². The molecule has 0 unspecified atom stereocenters. The van der Waals surface area contributed by atoms with Crippen LogP contribution in [-0.4, -0.2) is 44.4 Å². The molecule has 0 aliphatic carbocycles. The zero-order valence-electron chi connectivity index (χ0n) is 20.4. The van der Waals surface area contributed by atoms with E-state index in [1.54, 1.807) is 23.1 Å². The Labute approximate surface area is 214 Å². The Morgan fingerprint density at radius 3 is 2.30 bits per heavy atom. The van der Waals surface area contributed by atoms with E-state index >= 15 is 0 Å². The van der Waals surface area contributed by atoms with E-state index in [0.717, 1.165) is 30.4 Å². The van der Waals surface area contributed by atoms with Crippen LogP contribution in [-0.2, 0) is 22.0 Å². The third-order valence-corrected chi connectivity index (χ3v) is 7.81. The van der Waals surface area contributed by atoms with Gasteiger partial charge >= 0.3 is 6.09 Å². The third kappa shape index (κ3) is 5.61. The molecule has 0 atom stereocenters. The maximum absolute atomic E-state index is 14.5. The number of piperidine rings is 1. The van der Waals surface area contributed by atoms with Crippen LogP contribution in [0.5, 0.6) is 11.5 Å². The van der Waals surface area contributed by atoms with Gasteiger partial charge in [-0.3, -0.25) is 0 Å². The summed E-state index contributed by atoms with van der Waals surface area (Å²) in [6, 6.07) is 16.7. The van der Waals surface area contributed by atoms with Crippen molar-refractivity contribution in [1.29, 1.82) is 0 Å². The minimum absolute atomic E-state index is 0.334. The van der Waals surface area contributed by atoms with Crippen LogP contribution in [0.2, 0.25) is 0 Å². The number of amides is 1. The van der Waals surface area contributed by atoms with E-state index in [4.69, 9.17) is 9.47 Å². The lowest BCUT2D eigenvalue weighted by Gasteiger charge is -2.44. The van der Waals surface area contributed by atoms with Crippen LogP contribution in [0.1, 0.15) is 30.4 Å². The number of para-hydroxylation sites is 1. The van der Waals surface area contributed by atoms with E-state index in [1.165, 1.54) is 12.1 Å². The Morgan fingerprint density at radius 2 is 1.65 bits per heavy atom. The Bertz CT molecular complexity index is 1410. The summed E-state index contributed by atoms with van der Waals surface area (Å²) >= 11 is 0. The second-order valence-corrected chi connectivity index (χ2v) is 11.9. The van der Waals surface area contributed by atoms with Crippen molar-refractivity contribution in [2.24, 2.45) is 0 Å². The standard InChI is InChI=1S/C28H27F2NO5S/c1-37(33,34)18-23-24(29)16-21(17-25(23)30)19-7-8-26-20(15-19)9-10-28(36-26)11-13-31(14-12-28)27(32)35-22-5-3-2-4-6-22/h2-8,15-17H,9-14,18H2,1H3. The molecule has 0 N–H and O–H groups in total. The van der Waals surface area contributed by atoms with Crippen LogP contribution in [0.4, 0.5) is 13.6 Å². The highest BCUT2D eigenvalue weighted by Gasteiger charge is 2.41. The summed E-state index contributed by atoms with van der Waals surface area (Å²) in [5.74, 6) is -1.22. The van der Waals surface area contributed by atoms with E-state index in [0.29, 0.717) is 42.8 Å². The summed E-state index contributed by atoms with van der Waals surface area (Å²) in [7, 11) is -3.57. The van der Waals surface area contributed by atoms with Crippen molar-refractivity contribution in [2.75, 3.05) is 19.3 Å². The average molecular weight is 528 g/mol. The monoisotopic (exact) mass is 527 g/mol. The van der Waals surface area contributed by atoms with Gasteiger partial charge in [0.15, 0.2) is 9.84 Å². The van der Waals surface area contributed by atoms with Crippen molar-refractivity contribution < 1.29 is 31.5 Å². The number of halogens is 2. The largest absolute Gasteiger partial charge is 0.487 e. The van der Waals surface area contributed by atoms with Crippen molar-refractivity contribution in [2.45, 2.75) is 37.0 Å². The summed E-state index contributed by atoms with van der Waals surface area (Å²) in [4.78, 5) is 14.2. The Morgan fingerprint density at radius 1 is 0.973 bits per heavy atom. The number of nitrogens with zero attached hydrogens (tertiary/aromatic N) is 1. The van der Waals surface area contributed by atoms with Crippen molar-refractivity contribution in [3.63, 3.8) is 0 Å². The Hall–Kier alpha value is -3.46. The smallest absolute Gasteiger partial charge is 0.415 e. The summed E-state index contributed by atoms with van der Waals surface area (Å²) in [5.41, 5.74) is 1.08. The predicted octanol–water partition coefficient (Wildman–Crippen LogP) is 5.54. The molecule has 0 aromatic heterocycles. The number of rotatable bonds is 4. The van der Waals surface area contributed by atoms with Crippen molar-refractivity contribution in [1.82, 2.24) is 4.90 Å². The molecule has 0 bridgehead atoms. The molecule has 1 saturated heterocycles. The highest BCUT2D eigenvalue weighted by atomic mass is 32.2. The number of hydrogen-bond acceptors (Lipinski definition) is 5. The lowest BCUT2D eigenvalue weighted by atomic mass is 9.82. The number of benzene rings is 3. The van der Waals surface area contributed by atoms with Crippen LogP contribution < -0.4 is 9.47 Å². The number of ether oxygens (including phenoxy) is 2. The molecule has 1 spiro atoms. The maximum atomic E-state index is 14.5. The van der Waals surface area contributed by atoms with Gasteiger partial charge in [0.25, 0.3) is 0 Å². The molecule has 1 amide bonds. The molecular formula is C28H27F2NO5S. The molecule has 2 aliphatic heterocycles. The molecular weight excluding hydrogens is 500 g/mol. The number of likely N-dealkylation sites (tertiary alicyclic amines) is 1. The quantitative estimate of drug-likeness (QED) is 0.446. The molecule has 3 aromatic carbocycles. The van der Waals surface area contributed by atoms with Crippen molar-refractivity contribution >= 4 is 15.9 Å². The summed E-state index contributed by atoms with van der Waals surface area (Å²) < 4.78 is 64.0. The number of carbonyl (C=O) groups excluding carboxylic acids is 1. The molecule has 0 saturated carbocycles. The van der Waals surface area contributed by atoms with Crippen LogP contribution in [0.15, 0.2) is 60.7 Å². The molecule has 3 aromatic rings. The third-order valence-electron chi connectivity index (χ3n) is 7.00. The van der Waals surface area contributed by atoms with E-state index in [-0.39, 0.29) is 11.7 Å². The van der Waals surface area contributed by atoms with Gasteiger partial charge in [0.05, 0.1) is 5.75 Å². The molecule has 37 heavy (non-hydrogen) atoms. The van der Waals surface area contributed by atoms with Crippen molar-refractivity contribution in [3.05, 3.63) is 83.4 Å². The minimum atomic E-state index is -3.57. The van der Waals surface area contributed by atoms with Gasteiger partial charge in [0.1, 0.15) is 28.7 Å². The molecule has 6 nitrogen and oxygen atoms in total. The van der Waals surface area contributed by atoms with Gasteiger partial charge in [-0.1, -0.05) is 24.3 Å². The van der Waals surface area contributed by atoms with Crippen LogP contribution >= 0.6 is 0 Å². The number of aryl methyl sites for hydroxylation is 1. The SMILES string of the molecule is CS(=O)(=O)Cc1c(F)cc(-c2ccc3c(c2)CCC2(CCN(C(=O)Oc4ccccc4)CC2)O3)cc1F. The van der Waals surface area contributed by atoms with Crippen LogP contribution in [0.25, 0.3) is 11.1 Å². The number of fused-ring (bicyclic) bond motifs is 1. The molecule has 194 valence electrons. The lowest BCUT2D eigenvalue weighted by molar-refractivity contribution is -0.00948. The maximum Gasteiger partial charge on any atom is 0.415 e. The zero-order valence-corrected chi connectivity index (χ0v) is 21.2. The van der Waals surface area contributed by atoms with Gasteiger partial charge in [-0.25, -0.2) is 22.0 Å². The van der Waals surface area contributed by atoms with Crippen LogP contribution in [0.3, 0.4) is 0 Å². The lowest BCUT2D eigenvalue weighted by Crippen LogP contribution is -2.51. The van der Waals surface area contributed by atoms with Gasteiger partial charge in [-0.2, -0.15) is 0 Å². The fourth-order valence-corrected chi connectivity index (χ4v) is 5.77. The Balaban J connectivity index is 1.26. The average Bonchev–Trinajstić information content (AvgIpc) is 2.86. The summed E-state index contributed by atoms with van der Waals surface area (Å²) in [6.45, 7) is 1.05. The number of sulfone groups is 1. The van der Waals surface area contributed by atoms with Crippen molar-refractivity contribution in [3.8, 4) is 22.6 Å². The normalized spacial score (nSPS) is 16.7. The molecule has 1 fully saturated rings. The first-order valence-electron chi connectivity index (χ1n) is 12.1. The topological polar surface area (TPSA) is 72.9 Å². The fraction of sp³-hybridized carbons (Fsp3) is 0.321.